The Balaban J connectivity index is 1.74. The van der Waals surface area contributed by atoms with Gasteiger partial charge < -0.3 is 5.32 Å². The van der Waals surface area contributed by atoms with Crippen LogP contribution in [0.25, 0.3) is 0 Å². The van der Waals surface area contributed by atoms with E-state index < -0.39 is 15.9 Å². The summed E-state index contributed by atoms with van der Waals surface area (Å²) in [5, 5.41) is 4.22. The van der Waals surface area contributed by atoms with Crippen LogP contribution >= 0.6 is 11.3 Å². The largest absolute Gasteiger partial charge is 0.321 e. The van der Waals surface area contributed by atoms with Gasteiger partial charge in [0.15, 0.2) is 5.78 Å². The number of hydrogen-bond acceptors (Lipinski definition) is 5. The highest BCUT2D eigenvalue weighted by Gasteiger charge is 2.29. The number of Topliss-reactive ketones (excluding diaryl/α,β-unsaturated/α-hetero) is 1. The Labute approximate surface area is 163 Å². The third-order valence-electron chi connectivity index (χ3n) is 4.71. The highest BCUT2D eigenvalue weighted by Crippen LogP contribution is 2.27. The van der Waals surface area contributed by atoms with Crippen molar-refractivity contribution in [3.8, 4) is 0 Å². The van der Waals surface area contributed by atoms with Crippen molar-refractivity contribution < 1.29 is 18.0 Å². The van der Waals surface area contributed by atoms with Crippen molar-refractivity contribution in [1.29, 1.82) is 0 Å². The number of nitrogens with one attached hydrogen (secondary N) is 1. The fourth-order valence-corrected chi connectivity index (χ4v) is 5.58. The minimum atomic E-state index is -3.57. The van der Waals surface area contributed by atoms with Crippen LogP contribution in [0.2, 0.25) is 0 Å². The molecule has 0 saturated carbocycles. The Hall–Kier alpha value is -2.03. The van der Waals surface area contributed by atoms with Gasteiger partial charge >= 0.3 is 0 Å². The van der Waals surface area contributed by atoms with Gasteiger partial charge in [-0.25, -0.2) is 8.42 Å². The fourth-order valence-electron chi connectivity index (χ4n) is 2.96. The molecule has 2 heterocycles. The van der Waals surface area contributed by atoms with Crippen LogP contribution in [-0.2, 0) is 10.0 Å². The van der Waals surface area contributed by atoms with Gasteiger partial charge in [0.2, 0.25) is 10.0 Å². The molecule has 8 heteroatoms. The third kappa shape index (κ3) is 4.45. The Morgan fingerprint density at radius 3 is 2.56 bits per heavy atom. The van der Waals surface area contributed by atoms with Crippen molar-refractivity contribution in [3.05, 3.63) is 46.2 Å². The van der Waals surface area contributed by atoms with Crippen LogP contribution in [0.5, 0.6) is 0 Å². The van der Waals surface area contributed by atoms with E-state index in [0.717, 1.165) is 24.2 Å². The van der Waals surface area contributed by atoms with E-state index in [0.29, 0.717) is 35.1 Å². The Kier molecular flexibility index (Phi) is 5.78. The first kappa shape index (κ1) is 19.7. The Morgan fingerprint density at radius 1 is 1.19 bits per heavy atom. The highest BCUT2D eigenvalue weighted by atomic mass is 32.2. The monoisotopic (exact) mass is 406 g/mol. The molecular formula is C19H22N2O4S2. The Morgan fingerprint density at radius 2 is 1.89 bits per heavy atom. The number of amides is 1. The van der Waals surface area contributed by atoms with Gasteiger partial charge in [-0.15, -0.1) is 11.3 Å². The molecule has 2 aromatic rings. The average Bonchev–Trinajstić information content (AvgIpc) is 3.13. The molecule has 6 nitrogen and oxygen atoms in total. The molecule has 0 bridgehead atoms. The predicted octanol–water partition coefficient (Wildman–Crippen LogP) is 3.62. The molecule has 1 aromatic heterocycles. The molecule has 27 heavy (non-hydrogen) atoms. The van der Waals surface area contributed by atoms with Gasteiger partial charge in [0.05, 0.1) is 9.77 Å². The van der Waals surface area contributed by atoms with E-state index in [2.05, 4.69) is 12.2 Å². The van der Waals surface area contributed by atoms with Gasteiger partial charge in [-0.2, -0.15) is 4.31 Å². The van der Waals surface area contributed by atoms with Crippen LogP contribution in [0.1, 0.15) is 46.7 Å². The molecule has 0 aliphatic carbocycles. The van der Waals surface area contributed by atoms with E-state index in [9.17, 15) is 18.0 Å². The summed E-state index contributed by atoms with van der Waals surface area (Å²) in [5.41, 5.74) is 0.997. The van der Waals surface area contributed by atoms with Crippen molar-refractivity contribution in [2.75, 3.05) is 18.4 Å². The number of rotatable bonds is 5. The summed E-state index contributed by atoms with van der Waals surface area (Å²) in [5.74, 6) is 0.0481. The lowest BCUT2D eigenvalue weighted by Crippen LogP contribution is -2.37. The molecule has 1 amide bonds. The first-order chi connectivity index (χ1) is 12.8. The van der Waals surface area contributed by atoms with Gasteiger partial charge in [0, 0.05) is 29.7 Å². The fraction of sp³-hybridized carbons (Fsp3) is 0.368. The molecule has 144 valence electrons. The summed E-state index contributed by atoms with van der Waals surface area (Å²) in [4.78, 5) is 24.4. The van der Waals surface area contributed by atoms with E-state index in [1.54, 1.807) is 24.3 Å². The lowest BCUT2D eigenvalue weighted by atomic mass is 10.0. The first-order valence-corrected chi connectivity index (χ1v) is 11.1. The van der Waals surface area contributed by atoms with Crippen LogP contribution in [0.15, 0.2) is 40.6 Å². The average molecular weight is 407 g/mol. The molecule has 3 rings (SSSR count). The summed E-state index contributed by atoms with van der Waals surface area (Å²) in [6.07, 6.45) is 1.70. The van der Waals surface area contributed by atoms with Crippen LogP contribution in [-0.4, -0.2) is 37.5 Å². The molecule has 1 N–H and O–H groups in total. The maximum absolute atomic E-state index is 12.8. The van der Waals surface area contributed by atoms with E-state index in [4.69, 9.17) is 0 Å². The van der Waals surface area contributed by atoms with Gasteiger partial charge in [0.1, 0.15) is 0 Å². The van der Waals surface area contributed by atoms with E-state index in [1.807, 2.05) is 0 Å². The van der Waals surface area contributed by atoms with Crippen molar-refractivity contribution >= 4 is 38.7 Å². The molecule has 1 saturated heterocycles. The smallest absolute Gasteiger partial charge is 0.265 e. The zero-order chi connectivity index (χ0) is 19.6. The van der Waals surface area contributed by atoms with Crippen molar-refractivity contribution in [1.82, 2.24) is 4.31 Å². The minimum Gasteiger partial charge on any atom is -0.321 e. The number of hydrogen-bond donors (Lipinski definition) is 1. The first-order valence-electron chi connectivity index (χ1n) is 8.78. The lowest BCUT2D eigenvalue weighted by Gasteiger charge is -2.29. The molecule has 1 aromatic carbocycles. The number of piperidine rings is 1. The number of nitrogens with zero attached hydrogens (tertiary/aromatic N) is 1. The number of benzene rings is 1. The molecular weight excluding hydrogens is 384 g/mol. The quantitative estimate of drug-likeness (QED) is 0.769. The summed E-state index contributed by atoms with van der Waals surface area (Å²) >= 11 is 1.09. The Bertz CT molecular complexity index is 958. The molecule has 0 unspecified atom stereocenters. The second-order valence-electron chi connectivity index (χ2n) is 6.82. The van der Waals surface area contributed by atoms with Crippen molar-refractivity contribution in [3.63, 3.8) is 0 Å². The molecule has 0 radical (unpaired) electrons. The SMILES string of the molecule is CC(=O)c1cccc(NC(=O)c2cc(S(=O)(=O)N3CCC(C)CC3)cs2)c1. The van der Waals surface area contributed by atoms with Gasteiger partial charge in [-0.05, 0) is 43.9 Å². The minimum absolute atomic E-state index is 0.0912. The lowest BCUT2D eigenvalue weighted by molar-refractivity contribution is 0.101. The molecule has 1 fully saturated rings. The second-order valence-corrected chi connectivity index (χ2v) is 9.67. The normalized spacial score (nSPS) is 16.2. The van der Waals surface area contributed by atoms with Gasteiger partial charge in [-0.3, -0.25) is 9.59 Å². The van der Waals surface area contributed by atoms with E-state index in [1.165, 1.54) is 22.7 Å². The summed E-state index contributed by atoms with van der Waals surface area (Å²) in [7, 11) is -3.57. The van der Waals surface area contributed by atoms with Crippen LogP contribution in [0.4, 0.5) is 5.69 Å². The van der Waals surface area contributed by atoms with Crippen molar-refractivity contribution in [2.24, 2.45) is 5.92 Å². The van der Waals surface area contributed by atoms with Gasteiger partial charge in [0.25, 0.3) is 5.91 Å². The number of ketones is 1. The molecule has 1 aliphatic heterocycles. The number of carbonyl (C=O) groups excluding carboxylic acids is 2. The van der Waals surface area contributed by atoms with Crippen LogP contribution in [0, 0.1) is 5.92 Å². The third-order valence-corrected chi connectivity index (χ3v) is 7.66. The van der Waals surface area contributed by atoms with E-state index >= 15 is 0 Å². The number of anilines is 1. The van der Waals surface area contributed by atoms with Crippen LogP contribution < -0.4 is 5.32 Å². The maximum Gasteiger partial charge on any atom is 0.265 e. The zero-order valence-electron chi connectivity index (χ0n) is 15.3. The van der Waals surface area contributed by atoms with E-state index in [-0.39, 0.29) is 10.7 Å². The topological polar surface area (TPSA) is 83.5 Å². The highest BCUT2D eigenvalue weighted by molar-refractivity contribution is 7.89. The zero-order valence-corrected chi connectivity index (χ0v) is 16.9. The van der Waals surface area contributed by atoms with Crippen molar-refractivity contribution in [2.45, 2.75) is 31.6 Å². The predicted molar refractivity (Wildman–Crippen MR) is 106 cm³/mol. The molecule has 1 aliphatic rings. The summed E-state index contributed by atoms with van der Waals surface area (Å²) in [6, 6.07) is 8.06. The van der Waals surface area contributed by atoms with Gasteiger partial charge in [-0.1, -0.05) is 19.1 Å². The second kappa shape index (κ2) is 7.92. The number of thiophene rings is 1. The number of sulfonamides is 1. The molecule has 0 atom stereocenters. The number of carbonyl (C=O) groups is 2. The van der Waals surface area contributed by atoms with Crippen LogP contribution in [0.3, 0.4) is 0 Å². The summed E-state index contributed by atoms with van der Waals surface area (Å²) in [6.45, 7) is 4.61. The summed E-state index contributed by atoms with van der Waals surface area (Å²) < 4.78 is 27.0. The maximum atomic E-state index is 12.8. The standard InChI is InChI=1S/C19H22N2O4S2/c1-13-6-8-21(9-7-13)27(24,25)17-11-18(26-12-17)19(23)20-16-5-3-4-15(10-16)14(2)22/h3-5,10-13H,6-9H2,1-2H3,(H,20,23). The molecule has 0 spiro atoms.